The van der Waals surface area contributed by atoms with Crippen molar-refractivity contribution in [3.05, 3.63) is 29.8 Å². The molecule has 0 saturated heterocycles. The Balaban J connectivity index is 1.57. The van der Waals surface area contributed by atoms with Gasteiger partial charge in [-0.15, -0.1) is 10.2 Å². The summed E-state index contributed by atoms with van der Waals surface area (Å²) in [4.78, 5) is 25.1. The highest BCUT2D eigenvalue weighted by molar-refractivity contribution is 7.18. The molecule has 1 aliphatic rings. The Kier molecular flexibility index (Phi) is 7.36. The van der Waals surface area contributed by atoms with E-state index < -0.39 is 6.04 Å². The summed E-state index contributed by atoms with van der Waals surface area (Å²) in [7, 11) is 0. The fourth-order valence-corrected chi connectivity index (χ4v) is 4.51. The van der Waals surface area contributed by atoms with E-state index in [0.29, 0.717) is 17.5 Å². The molecule has 156 valence electrons. The van der Waals surface area contributed by atoms with Crippen LogP contribution in [0.25, 0.3) is 10.6 Å². The number of carbonyl (C=O) groups excluding carboxylic acids is 2. The van der Waals surface area contributed by atoms with Crippen molar-refractivity contribution in [3.8, 4) is 10.6 Å². The monoisotopic (exact) mass is 414 g/mol. The van der Waals surface area contributed by atoms with Gasteiger partial charge in [0.05, 0.1) is 0 Å². The quantitative estimate of drug-likeness (QED) is 0.663. The van der Waals surface area contributed by atoms with Crippen LogP contribution in [-0.4, -0.2) is 28.1 Å². The highest BCUT2D eigenvalue weighted by Crippen LogP contribution is 2.29. The van der Waals surface area contributed by atoms with Gasteiger partial charge in [-0.3, -0.25) is 14.9 Å². The van der Waals surface area contributed by atoms with Crippen molar-refractivity contribution in [2.24, 2.45) is 11.8 Å². The van der Waals surface area contributed by atoms with E-state index in [1.165, 1.54) is 37.0 Å². The van der Waals surface area contributed by atoms with Crippen LogP contribution in [0.2, 0.25) is 0 Å². The van der Waals surface area contributed by atoms with Crippen molar-refractivity contribution >= 4 is 28.3 Å². The van der Waals surface area contributed by atoms with Gasteiger partial charge in [0, 0.05) is 12.0 Å². The van der Waals surface area contributed by atoms with Gasteiger partial charge in [-0.05, 0) is 31.2 Å². The second kappa shape index (κ2) is 9.96. The fourth-order valence-electron chi connectivity index (χ4n) is 3.77. The summed E-state index contributed by atoms with van der Waals surface area (Å²) in [5, 5.41) is 15.2. The van der Waals surface area contributed by atoms with Gasteiger partial charge in [0.2, 0.25) is 16.9 Å². The number of nitrogens with zero attached hydrogens (tertiary/aromatic N) is 2. The van der Waals surface area contributed by atoms with Gasteiger partial charge < -0.3 is 5.32 Å². The number of rotatable bonds is 8. The normalized spacial score (nSPS) is 15.4. The van der Waals surface area contributed by atoms with E-state index in [9.17, 15) is 9.59 Å². The smallest absolute Gasteiger partial charge is 0.249 e. The standard InChI is InChI=1S/C22H30N4O2S/c1-14(2)19(23-18(27)12-11-16-8-4-5-9-16)20(28)24-22-26-25-21(29-22)17-10-6-7-15(3)13-17/h6-7,10,13-14,16,19H,4-5,8-9,11-12H2,1-3H3,(H,23,27)(H,24,26,28)/t19-/m0/s1. The van der Waals surface area contributed by atoms with Gasteiger partial charge in [-0.2, -0.15) is 0 Å². The van der Waals surface area contributed by atoms with Crippen LogP contribution in [0.4, 0.5) is 5.13 Å². The zero-order chi connectivity index (χ0) is 20.8. The SMILES string of the molecule is Cc1cccc(-c2nnc(NC(=O)[C@@H](NC(=O)CCC3CCCC3)C(C)C)s2)c1. The van der Waals surface area contributed by atoms with Gasteiger partial charge >= 0.3 is 0 Å². The minimum absolute atomic E-state index is 0.0189. The molecule has 1 aliphatic carbocycles. The lowest BCUT2D eigenvalue weighted by Crippen LogP contribution is -2.47. The van der Waals surface area contributed by atoms with Crippen LogP contribution in [0.5, 0.6) is 0 Å². The van der Waals surface area contributed by atoms with Crippen molar-refractivity contribution < 1.29 is 9.59 Å². The minimum Gasteiger partial charge on any atom is -0.344 e. The number of amides is 2. The summed E-state index contributed by atoms with van der Waals surface area (Å²) < 4.78 is 0. The molecule has 0 spiro atoms. The maximum absolute atomic E-state index is 12.8. The Hall–Kier alpha value is -2.28. The lowest BCUT2D eigenvalue weighted by atomic mass is 10.00. The third kappa shape index (κ3) is 6.10. The predicted octanol–water partition coefficient (Wildman–Crippen LogP) is 4.56. The van der Waals surface area contributed by atoms with Gasteiger partial charge in [0.1, 0.15) is 11.0 Å². The molecule has 1 saturated carbocycles. The first-order valence-electron chi connectivity index (χ1n) is 10.4. The molecule has 0 unspecified atom stereocenters. The van der Waals surface area contributed by atoms with Gasteiger partial charge in [0.15, 0.2) is 0 Å². The topological polar surface area (TPSA) is 84.0 Å². The number of nitrogens with one attached hydrogen (secondary N) is 2. The summed E-state index contributed by atoms with van der Waals surface area (Å²) in [5.74, 6) is 0.340. The summed E-state index contributed by atoms with van der Waals surface area (Å²) >= 11 is 1.33. The lowest BCUT2D eigenvalue weighted by Gasteiger charge is -2.21. The second-order valence-corrected chi connectivity index (χ2v) is 9.23. The number of benzene rings is 1. The molecule has 1 heterocycles. The highest BCUT2D eigenvalue weighted by Gasteiger charge is 2.26. The average Bonchev–Trinajstić information content (AvgIpc) is 3.36. The molecule has 0 aliphatic heterocycles. The lowest BCUT2D eigenvalue weighted by molar-refractivity contribution is -0.127. The molecule has 2 N–H and O–H groups in total. The maximum Gasteiger partial charge on any atom is 0.249 e. The fraction of sp³-hybridized carbons (Fsp3) is 0.545. The van der Waals surface area contributed by atoms with E-state index in [1.807, 2.05) is 45.0 Å². The summed E-state index contributed by atoms with van der Waals surface area (Å²) in [6.07, 6.45) is 6.39. The van der Waals surface area contributed by atoms with E-state index in [-0.39, 0.29) is 17.7 Å². The number of hydrogen-bond acceptors (Lipinski definition) is 5. The molecule has 0 radical (unpaired) electrons. The number of aryl methyl sites for hydroxylation is 1. The molecular formula is C22H30N4O2S. The van der Waals surface area contributed by atoms with Crippen LogP contribution in [0.1, 0.15) is 57.9 Å². The summed E-state index contributed by atoms with van der Waals surface area (Å²) in [6.45, 7) is 5.88. The van der Waals surface area contributed by atoms with Gasteiger partial charge in [0.25, 0.3) is 0 Å². The average molecular weight is 415 g/mol. The minimum atomic E-state index is -0.586. The number of anilines is 1. The van der Waals surface area contributed by atoms with E-state index in [1.54, 1.807) is 0 Å². The molecule has 1 fully saturated rings. The van der Waals surface area contributed by atoms with Crippen LogP contribution in [0, 0.1) is 18.8 Å². The maximum atomic E-state index is 12.8. The third-order valence-electron chi connectivity index (χ3n) is 5.44. The molecule has 1 atom stereocenters. The largest absolute Gasteiger partial charge is 0.344 e. The first-order chi connectivity index (χ1) is 13.9. The summed E-state index contributed by atoms with van der Waals surface area (Å²) in [5.41, 5.74) is 2.12. The van der Waals surface area contributed by atoms with Crippen molar-refractivity contribution in [1.29, 1.82) is 0 Å². The number of carbonyl (C=O) groups is 2. The second-order valence-electron chi connectivity index (χ2n) is 8.25. The van der Waals surface area contributed by atoms with Crippen molar-refractivity contribution in [2.45, 2.75) is 65.3 Å². The van der Waals surface area contributed by atoms with Crippen LogP contribution in [-0.2, 0) is 9.59 Å². The Bertz CT molecular complexity index is 843. The molecule has 2 amide bonds. The van der Waals surface area contributed by atoms with Crippen molar-refractivity contribution in [2.75, 3.05) is 5.32 Å². The third-order valence-corrected chi connectivity index (χ3v) is 6.33. The van der Waals surface area contributed by atoms with E-state index >= 15 is 0 Å². The molecule has 2 aromatic rings. The van der Waals surface area contributed by atoms with Crippen molar-refractivity contribution in [1.82, 2.24) is 15.5 Å². The Morgan fingerprint density at radius 1 is 1.21 bits per heavy atom. The molecule has 1 aromatic heterocycles. The molecule has 0 bridgehead atoms. The molecule has 3 rings (SSSR count). The first kappa shape index (κ1) is 21.4. The number of hydrogen-bond donors (Lipinski definition) is 2. The van der Waals surface area contributed by atoms with Gasteiger partial charge in [-0.25, -0.2) is 0 Å². The molecule has 1 aromatic carbocycles. The molecule has 29 heavy (non-hydrogen) atoms. The zero-order valence-electron chi connectivity index (χ0n) is 17.4. The van der Waals surface area contributed by atoms with Crippen LogP contribution in [0.3, 0.4) is 0 Å². The van der Waals surface area contributed by atoms with E-state index in [2.05, 4.69) is 20.8 Å². The predicted molar refractivity (Wildman–Crippen MR) is 117 cm³/mol. The van der Waals surface area contributed by atoms with Gasteiger partial charge in [-0.1, -0.05) is 74.6 Å². The Morgan fingerprint density at radius 2 is 1.97 bits per heavy atom. The first-order valence-corrected chi connectivity index (χ1v) is 11.2. The van der Waals surface area contributed by atoms with Crippen LogP contribution in [0.15, 0.2) is 24.3 Å². The van der Waals surface area contributed by atoms with E-state index in [4.69, 9.17) is 0 Å². The molecule has 7 heteroatoms. The van der Waals surface area contributed by atoms with Crippen LogP contribution >= 0.6 is 11.3 Å². The Morgan fingerprint density at radius 3 is 2.66 bits per heavy atom. The molecule has 6 nitrogen and oxygen atoms in total. The van der Waals surface area contributed by atoms with Crippen LogP contribution < -0.4 is 10.6 Å². The highest BCUT2D eigenvalue weighted by atomic mass is 32.1. The van der Waals surface area contributed by atoms with Crippen molar-refractivity contribution in [3.63, 3.8) is 0 Å². The van der Waals surface area contributed by atoms with E-state index in [0.717, 1.165) is 22.6 Å². The zero-order valence-corrected chi connectivity index (χ0v) is 18.2. The Labute approximate surface area is 176 Å². The number of aromatic nitrogens is 2. The molecular weight excluding hydrogens is 384 g/mol. The summed E-state index contributed by atoms with van der Waals surface area (Å²) in [6, 6.07) is 7.42.